The average Bonchev–Trinajstić information content (AvgIpc) is 2.74. The molecule has 0 aliphatic heterocycles. The largest absolute Gasteiger partial charge is 0.356 e. The van der Waals surface area contributed by atoms with Gasteiger partial charge >= 0.3 is 0 Å². The van der Waals surface area contributed by atoms with Gasteiger partial charge in [-0.25, -0.2) is 4.98 Å². The number of nitrogens with zero attached hydrogens (tertiary/aromatic N) is 2. The highest BCUT2D eigenvalue weighted by atomic mass is 32.1. The third kappa shape index (κ3) is 5.68. The van der Waals surface area contributed by atoms with E-state index in [1.54, 1.807) is 18.4 Å². The fourth-order valence-corrected chi connectivity index (χ4v) is 2.25. The number of aliphatic imine (C=N–C) groups is 1. The highest BCUT2D eigenvalue weighted by molar-refractivity contribution is 7.09. The maximum atomic E-state index is 4.44. The molecule has 1 aromatic heterocycles. The molecule has 2 N–H and O–H groups in total. The lowest BCUT2D eigenvalue weighted by Gasteiger charge is -2.10. The lowest BCUT2D eigenvalue weighted by molar-refractivity contribution is 0.732. The van der Waals surface area contributed by atoms with Gasteiger partial charge in [0.15, 0.2) is 5.96 Å². The minimum atomic E-state index is 0.891. The van der Waals surface area contributed by atoms with Crippen LogP contribution >= 0.6 is 11.3 Å². The molecule has 96 valence electrons. The lowest BCUT2D eigenvalue weighted by atomic mass is 10.3. The summed E-state index contributed by atoms with van der Waals surface area (Å²) in [5.41, 5.74) is 1.12. The molecule has 0 saturated heterocycles. The first kappa shape index (κ1) is 14.0. The lowest BCUT2D eigenvalue weighted by Crippen LogP contribution is -2.38. The number of hydrogen-bond donors (Lipinski definition) is 2. The Bertz CT molecular complexity index is 346. The molecule has 0 aliphatic rings. The normalized spacial score (nSPS) is 11.6. The molecule has 1 rings (SSSR count). The van der Waals surface area contributed by atoms with Crippen LogP contribution in [0.25, 0.3) is 0 Å². The Morgan fingerprint density at radius 3 is 2.76 bits per heavy atom. The minimum Gasteiger partial charge on any atom is -0.356 e. The third-order valence-corrected chi connectivity index (χ3v) is 3.32. The number of aryl methyl sites for hydroxylation is 2. The summed E-state index contributed by atoms with van der Waals surface area (Å²) in [6.45, 7) is 6.08. The van der Waals surface area contributed by atoms with Crippen LogP contribution in [-0.4, -0.2) is 31.1 Å². The number of aromatic nitrogens is 1. The van der Waals surface area contributed by atoms with Crippen molar-refractivity contribution in [1.29, 1.82) is 0 Å². The van der Waals surface area contributed by atoms with Crippen LogP contribution in [0, 0.1) is 6.92 Å². The van der Waals surface area contributed by atoms with E-state index in [1.807, 2.05) is 6.92 Å². The first-order valence-electron chi connectivity index (χ1n) is 6.11. The summed E-state index contributed by atoms with van der Waals surface area (Å²) in [7, 11) is 1.80. The second-order valence-corrected chi connectivity index (χ2v) is 4.85. The van der Waals surface area contributed by atoms with Gasteiger partial charge in [-0.2, -0.15) is 0 Å². The molecule has 0 saturated carbocycles. The molecule has 17 heavy (non-hydrogen) atoms. The first-order valence-corrected chi connectivity index (χ1v) is 6.99. The van der Waals surface area contributed by atoms with E-state index in [-0.39, 0.29) is 0 Å². The van der Waals surface area contributed by atoms with Crippen molar-refractivity contribution in [3.63, 3.8) is 0 Å². The molecular formula is C12H22N4S. The third-order valence-electron chi connectivity index (χ3n) is 2.29. The standard InChI is InChI=1S/C12H22N4S/c1-4-7-14-12(13-3)15-8-5-6-11-16-10(2)9-17-11/h9H,4-8H2,1-3H3,(H2,13,14,15). The molecule has 5 heteroatoms. The predicted octanol–water partition coefficient (Wildman–Crippen LogP) is 1.96. The first-order chi connectivity index (χ1) is 8.26. The highest BCUT2D eigenvalue weighted by Crippen LogP contribution is 2.10. The summed E-state index contributed by atoms with van der Waals surface area (Å²) < 4.78 is 0. The van der Waals surface area contributed by atoms with E-state index in [1.165, 1.54) is 5.01 Å². The Hall–Kier alpha value is -1.10. The minimum absolute atomic E-state index is 0.891. The van der Waals surface area contributed by atoms with Crippen LogP contribution < -0.4 is 10.6 Å². The Labute approximate surface area is 108 Å². The fourth-order valence-electron chi connectivity index (χ4n) is 1.43. The molecule has 0 bridgehead atoms. The second kappa shape index (κ2) is 8.06. The van der Waals surface area contributed by atoms with Crippen molar-refractivity contribution in [2.24, 2.45) is 4.99 Å². The van der Waals surface area contributed by atoms with Crippen LogP contribution in [0.3, 0.4) is 0 Å². The molecule has 0 amide bonds. The summed E-state index contributed by atoms with van der Waals surface area (Å²) in [4.78, 5) is 8.60. The summed E-state index contributed by atoms with van der Waals surface area (Å²) in [6.07, 6.45) is 3.23. The fraction of sp³-hybridized carbons (Fsp3) is 0.667. The zero-order valence-corrected chi connectivity index (χ0v) is 11.7. The number of guanidine groups is 1. The number of nitrogens with one attached hydrogen (secondary N) is 2. The summed E-state index contributed by atoms with van der Waals surface area (Å²) in [5.74, 6) is 0.891. The van der Waals surface area contributed by atoms with Gasteiger partial charge in [0.25, 0.3) is 0 Å². The van der Waals surface area contributed by atoms with Gasteiger partial charge in [0.1, 0.15) is 0 Å². The van der Waals surface area contributed by atoms with E-state index < -0.39 is 0 Å². The van der Waals surface area contributed by atoms with Gasteiger partial charge < -0.3 is 10.6 Å². The maximum absolute atomic E-state index is 4.44. The van der Waals surface area contributed by atoms with E-state index in [2.05, 4.69) is 32.9 Å². The molecule has 0 fully saturated rings. The highest BCUT2D eigenvalue weighted by Gasteiger charge is 1.99. The Morgan fingerprint density at radius 1 is 1.41 bits per heavy atom. The van der Waals surface area contributed by atoms with Crippen molar-refractivity contribution in [3.8, 4) is 0 Å². The van der Waals surface area contributed by atoms with E-state index in [0.29, 0.717) is 0 Å². The molecule has 0 aromatic carbocycles. The van der Waals surface area contributed by atoms with Gasteiger partial charge in [0.05, 0.1) is 5.01 Å². The zero-order chi connectivity index (χ0) is 12.5. The van der Waals surface area contributed by atoms with Crippen LogP contribution in [0.15, 0.2) is 10.4 Å². The van der Waals surface area contributed by atoms with Crippen molar-refractivity contribution in [3.05, 3.63) is 16.1 Å². The Morgan fingerprint density at radius 2 is 2.18 bits per heavy atom. The molecule has 4 nitrogen and oxygen atoms in total. The van der Waals surface area contributed by atoms with Crippen molar-refractivity contribution in [1.82, 2.24) is 15.6 Å². The Balaban J connectivity index is 2.14. The van der Waals surface area contributed by atoms with E-state index in [9.17, 15) is 0 Å². The molecule has 0 radical (unpaired) electrons. The van der Waals surface area contributed by atoms with Crippen molar-refractivity contribution < 1.29 is 0 Å². The van der Waals surface area contributed by atoms with Crippen molar-refractivity contribution >= 4 is 17.3 Å². The van der Waals surface area contributed by atoms with Crippen LogP contribution in [0.2, 0.25) is 0 Å². The van der Waals surface area contributed by atoms with E-state index in [4.69, 9.17) is 0 Å². The number of hydrogen-bond acceptors (Lipinski definition) is 3. The van der Waals surface area contributed by atoms with Gasteiger partial charge in [-0.15, -0.1) is 11.3 Å². The summed E-state index contributed by atoms with van der Waals surface area (Å²) in [6, 6.07) is 0. The molecule has 1 heterocycles. The molecule has 0 unspecified atom stereocenters. The van der Waals surface area contributed by atoms with Crippen LogP contribution in [-0.2, 0) is 6.42 Å². The SMILES string of the molecule is CCCNC(=NC)NCCCc1nc(C)cs1. The number of rotatable bonds is 6. The average molecular weight is 254 g/mol. The van der Waals surface area contributed by atoms with E-state index >= 15 is 0 Å². The smallest absolute Gasteiger partial charge is 0.190 e. The quantitative estimate of drug-likeness (QED) is 0.463. The van der Waals surface area contributed by atoms with Gasteiger partial charge in [0.2, 0.25) is 0 Å². The van der Waals surface area contributed by atoms with Crippen LogP contribution in [0.4, 0.5) is 0 Å². The molecule has 0 spiro atoms. The summed E-state index contributed by atoms with van der Waals surface area (Å²) >= 11 is 1.74. The zero-order valence-electron chi connectivity index (χ0n) is 10.9. The van der Waals surface area contributed by atoms with Crippen LogP contribution in [0.1, 0.15) is 30.5 Å². The van der Waals surface area contributed by atoms with Gasteiger partial charge in [0, 0.05) is 37.6 Å². The summed E-state index contributed by atoms with van der Waals surface area (Å²) in [5, 5.41) is 9.87. The topological polar surface area (TPSA) is 49.3 Å². The van der Waals surface area contributed by atoms with Gasteiger partial charge in [-0.05, 0) is 19.8 Å². The van der Waals surface area contributed by atoms with Crippen LogP contribution in [0.5, 0.6) is 0 Å². The molecule has 0 atom stereocenters. The monoisotopic (exact) mass is 254 g/mol. The molecular weight excluding hydrogens is 232 g/mol. The second-order valence-electron chi connectivity index (χ2n) is 3.91. The number of thiazole rings is 1. The van der Waals surface area contributed by atoms with Crippen molar-refractivity contribution in [2.45, 2.75) is 33.1 Å². The maximum Gasteiger partial charge on any atom is 0.190 e. The van der Waals surface area contributed by atoms with E-state index in [0.717, 1.165) is 44.0 Å². The van der Waals surface area contributed by atoms with Gasteiger partial charge in [-0.3, -0.25) is 4.99 Å². The molecule has 0 aliphatic carbocycles. The molecule has 1 aromatic rings. The predicted molar refractivity (Wildman–Crippen MR) is 74.8 cm³/mol. The van der Waals surface area contributed by atoms with Gasteiger partial charge in [-0.1, -0.05) is 6.92 Å². The Kier molecular flexibility index (Phi) is 6.62. The van der Waals surface area contributed by atoms with Crippen molar-refractivity contribution in [2.75, 3.05) is 20.1 Å².